The molecule has 34 heavy (non-hydrogen) atoms. The summed E-state index contributed by atoms with van der Waals surface area (Å²) in [5, 5.41) is 9.72. The minimum Gasteiger partial charge on any atom is -0.240 e. The van der Waals surface area contributed by atoms with Gasteiger partial charge in [0.2, 0.25) is 0 Å². The third-order valence-corrected chi connectivity index (χ3v) is 3.84. The van der Waals surface area contributed by atoms with Crippen LogP contribution < -0.4 is 0 Å². The Hall–Kier alpha value is -2.00. The normalized spacial score (nSPS) is 16.6. The van der Waals surface area contributed by atoms with Gasteiger partial charge in [-0.3, -0.25) is 0 Å². The van der Waals surface area contributed by atoms with Gasteiger partial charge in [-0.15, -0.1) is 0 Å². The van der Waals surface area contributed by atoms with Gasteiger partial charge in [0.25, 0.3) is 0 Å². The highest BCUT2D eigenvalue weighted by Gasteiger charge is 2.99. The third-order valence-electron chi connectivity index (χ3n) is 3.84. The molecule has 0 N–H and O–H groups in total. The first-order valence-electron chi connectivity index (χ1n) is 6.88. The number of hydrogen-bond acceptors (Lipinski definition) is 1. The maximum atomic E-state index is 13.3. The van der Waals surface area contributed by atoms with E-state index in [2.05, 4.69) is 0 Å². The van der Waals surface area contributed by atoms with Crippen molar-refractivity contribution in [2.45, 2.75) is 59.5 Å². The molecule has 0 fully saturated rings. The SMILES string of the molecule is [O]C(=O)C(F)(F)C(F)(F)C(F)(F)C(F)(F)C(F)(F)C(F)(F)C(F)(F)C(F)(C(F)(F)F)C(F)(F)F. The van der Waals surface area contributed by atoms with Crippen LogP contribution in [0.5, 0.6) is 0 Å². The molecule has 0 aliphatic rings. The number of halogens is 21. The lowest BCUT2D eigenvalue weighted by Gasteiger charge is -2.45. The zero-order chi connectivity index (χ0) is 28.6. The smallest absolute Gasteiger partial charge is 0.240 e. The van der Waals surface area contributed by atoms with Crippen LogP contribution in [0.4, 0.5) is 92.2 Å². The fourth-order valence-electron chi connectivity index (χ4n) is 1.85. The van der Waals surface area contributed by atoms with Crippen LogP contribution in [0.25, 0.3) is 0 Å². The van der Waals surface area contributed by atoms with Crippen molar-refractivity contribution in [3.63, 3.8) is 0 Å². The summed E-state index contributed by atoms with van der Waals surface area (Å²) in [5.41, 5.74) is -8.97. The first kappa shape index (κ1) is 32.0. The van der Waals surface area contributed by atoms with E-state index >= 15 is 0 Å². The van der Waals surface area contributed by atoms with Crippen molar-refractivity contribution in [1.82, 2.24) is 0 Å². The summed E-state index contributed by atoms with van der Waals surface area (Å²) < 4.78 is 270. The Morgan fingerprint density at radius 2 is 0.559 bits per heavy atom. The number of alkyl halides is 21. The standard InChI is InChI=1S/C11F21O2/c12-2(13,1(33)34)4(15,16)6(19,20)8(23,24)9(25,26)7(21,22)5(17,18)3(14,10(27,28)29)11(30,31)32. The van der Waals surface area contributed by atoms with Crippen molar-refractivity contribution < 1.29 is 102 Å². The minimum atomic E-state index is -9.39. The topological polar surface area (TPSA) is 37.0 Å². The highest BCUT2D eigenvalue weighted by molar-refractivity contribution is 5.76. The van der Waals surface area contributed by atoms with Crippen LogP contribution in [0.3, 0.4) is 0 Å². The molecule has 0 aromatic rings. The Morgan fingerprint density at radius 1 is 0.353 bits per heavy atom. The van der Waals surface area contributed by atoms with Gasteiger partial charge in [-0.25, -0.2) is 14.3 Å². The summed E-state index contributed by atoms with van der Waals surface area (Å²) in [4.78, 5) is 9.72. The summed E-state index contributed by atoms with van der Waals surface area (Å²) in [6.45, 7) is 0. The molecular weight excluding hydrogens is 563 g/mol. The molecule has 0 aliphatic carbocycles. The van der Waals surface area contributed by atoms with Crippen molar-refractivity contribution in [3.8, 4) is 0 Å². The maximum Gasteiger partial charge on any atom is 0.438 e. The molecule has 23 heteroatoms. The molecule has 2 nitrogen and oxygen atoms in total. The molecule has 0 bridgehead atoms. The summed E-state index contributed by atoms with van der Waals surface area (Å²) in [7, 11) is 0. The molecule has 0 saturated carbocycles. The zero-order valence-electron chi connectivity index (χ0n) is 14.3. The van der Waals surface area contributed by atoms with Crippen LogP contribution in [-0.4, -0.2) is 65.4 Å². The second kappa shape index (κ2) is 7.50. The summed E-state index contributed by atoms with van der Waals surface area (Å²) in [6.07, 6.45) is -16.9. The van der Waals surface area contributed by atoms with Crippen LogP contribution in [0.1, 0.15) is 0 Å². The van der Waals surface area contributed by atoms with Gasteiger partial charge in [0.15, 0.2) is 0 Å². The van der Waals surface area contributed by atoms with Crippen molar-refractivity contribution in [2.24, 2.45) is 0 Å². The summed E-state index contributed by atoms with van der Waals surface area (Å²) >= 11 is 0. The Morgan fingerprint density at radius 3 is 0.765 bits per heavy atom. The molecule has 0 amide bonds. The lowest BCUT2D eigenvalue weighted by atomic mass is 9.83. The highest BCUT2D eigenvalue weighted by atomic mass is 19.4. The molecular formula is C11F21O2. The van der Waals surface area contributed by atoms with Crippen LogP contribution >= 0.6 is 0 Å². The van der Waals surface area contributed by atoms with E-state index in [9.17, 15) is 102 Å². The van der Waals surface area contributed by atoms with E-state index in [1.165, 1.54) is 0 Å². The molecule has 0 saturated heterocycles. The second-order valence-corrected chi connectivity index (χ2v) is 5.96. The average Bonchev–Trinajstić information content (AvgIpc) is 2.57. The number of carbonyl (C=O) groups excluding carboxylic acids is 1. The van der Waals surface area contributed by atoms with E-state index < -0.39 is 65.4 Å². The molecule has 203 valence electrons. The monoisotopic (exact) mass is 563 g/mol. The Bertz CT molecular complexity index is 772. The van der Waals surface area contributed by atoms with Crippen LogP contribution in [0.15, 0.2) is 0 Å². The van der Waals surface area contributed by atoms with Crippen molar-refractivity contribution >= 4 is 5.97 Å². The highest BCUT2D eigenvalue weighted by Crippen LogP contribution is 2.67. The molecule has 0 rings (SSSR count). The summed E-state index contributed by atoms with van der Waals surface area (Å²) in [5.74, 6) is -67.4. The van der Waals surface area contributed by atoms with Gasteiger partial charge in [0, 0.05) is 0 Å². The molecule has 0 unspecified atom stereocenters. The molecule has 0 heterocycles. The van der Waals surface area contributed by atoms with Crippen LogP contribution in [0, 0.1) is 0 Å². The molecule has 0 atom stereocenters. The quantitative estimate of drug-likeness (QED) is 0.323. The van der Waals surface area contributed by atoms with E-state index in [-0.39, 0.29) is 0 Å². The lowest BCUT2D eigenvalue weighted by molar-refractivity contribution is -0.476. The van der Waals surface area contributed by atoms with E-state index in [0.29, 0.717) is 0 Å². The van der Waals surface area contributed by atoms with Crippen molar-refractivity contribution in [1.29, 1.82) is 0 Å². The molecule has 0 aromatic carbocycles. The first-order valence-corrected chi connectivity index (χ1v) is 6.88. The predicted octanol–water partition coefficient (Wildman–Crippen LogP) is 6.22. The predicted molar refractivity (Wildman–Crippen MR) is 56.3 cm³/mol. The maximum absolute atomic E-state index is 13.3. The third kappa shape index (κ3) is 3.49. The fraction of sp³-hybridized carbons (Fsp3) is 0.909. The summed E-state index contributed by atoms with van der Waals surface area (Å²) in [6, 6.07) is 0. The molecule has 0 spiro atoms. The first-order chi connectivity index (χ1) is 14.2. The molecule has 0 aliphatic heterocycles. The van der Waals surface area contributed by atoms with Gasteiger partial charge >= 0.3 is 65.4 Å². The Balaban J connectivity index is 7.29. The Kier molecular flexibility index (Phi) is 7.06. The van der Waals surface area contributed by atoms with Crippen LogP contribution in [0.2, 0.25) is 0 Å². The second-order valence-electron chi connectivity index (χ2n) is 5.96. The van der Waals surface area contributed by atoms with E-state index in [1.54, 1.807) is 0 Å². The van der Waals surface area contributed by atoms with Crippen LogP contribution in [-0.2, 0) is 9.90 Å². The van der Waals surface area contributed by atoms with E-state index in [0.717, 1.165) is 0 Å². The number of carbonyl (C=O) groups is 1. The molecule has 1 radical (unpaired) electrons. The Labute approximate surface area is 169 Å². The van der Waals surface area contributed by atoms with Crippen molar-refractivity contribution in [2.75, 3.05) is 0 Å². The largest absolute Gasteiger partial charge is 0.438 e. The van der Waals surface area contributed by atoms with E-state index in [1.807, 2.05) is 0 Å². The zero-order valence-corrected chi connectivity index (χ0v) is 14.3. The van der Waals surface area contributed by atoms with Gasteiger partial charge in [0.05, 0.1) is 0 Å². The number of hydrogen-bond donors (Lipinski definition) is 0. The van der Waals surface area contributed by atoms with Gasteiger partial charge < -0.3 is 0 Å². The minimum absolute atomic E-state index is 4.81. The van der Waals surface area contributed by atoms with Gasteiger partial charge in [-0.1, -0.05) is 0 Å². The fourth-order valence-corrected chi connectivity index (χ4v) is 1.85. The van der Waals surface area contributed by atoms with Crippen molar-refractivity contribution in [3.05, 3.63) is 0 Å². The van der Waals surface area contributed by atoms with Gasteiger partial charge in [0.1, 0.15) is 0 Å². The van der Waals surface area contributed by atoms with E-state index in [4.69, 9.17) is 0 Å². The van der Waals surface area contributed by atoms with Gasteiger partial charge in [-0.05, 0) is 0 Å². The number of rotatable bonds is 8. The van der Waals surface area contributed by atoms with Gasteiger partial charge in [-0.2, -0.15) is 87.8 Å². The lowest BCUT2D eigenvalue weighted by Crippen LogP contribution is -2.78. The molecule has 0 aromatic heterocycles. The average molecular weight is 563 g/mol.